The highest BCUT2D eigenvalue weighted by atomic mass is 32.2. The largest absolute Gasteiger partial charge is 0.340 e. The summed E-state index contributed by atoms with van der Waals surface area (Å²) >= 11 is 1.28. The third-order valence-corrected chi connectivity index (χ3v) is 6.10. The zero-order valence-electron chi connectivity index (χ0n) is 18.2. The number of carbonyl (C=O) groups excluding carboxylic acids is 1. The molecule has 1 atom stereocenters. The van der Waals surface area contributed by atoms with Crippen molar-refractivity contribution in [3.8, 4) is 17.1 Å². The molecule has 0 N–H and O–H groups in total. The molecule has 8 heteroatoms. The van der Waals surface area contributed by atoms with Gasteiger partial charge < -0.3 is 4.90 Å². The number of benzene rings is 3. The smallest absolute Gasteiger partial charge is 0.235 e. The summed E-state index contributed by atoms with van der Waals surface area (Å²) in [5.74, 6) is -0.230. The van der Waals surface area contributed by atoms with Gasteiger partial charge in [0.05, 0.1) is 5.25 Å². The molecule has 0 aliphatic carbocycles. The van der Waals surface area contributed by atoms with Crippen LogP contribution in [-0.2, 0) is 11.3 Å². The Morgan fingerprint density at radius 2 is 1.70 bits per heavy atom. The molecule has 33 heavy (non-hydrogen) atoms. The van der Waals surface area contributed by atoms with Crippen molar-refractivity contribution in [3.63, 3.8) is 0 Å². The summed E-state index contributed by atoms with van der Waals surface area (Å²) in [5.41, 5.74) is 2.26. The van der Waals surface area contributed by atoms with E-state index in [0.717, 1.165) is 5.69 Å². The molecule has 0 radical (unpaired) electrons. The van der Waals surface area contributed by atoms with Gasteiger partial charge in [0.25, 0.3) is 0 Å². The fourth-order valence-electron chi connectivity index (χ4n) is 3.45. The van der Waals surface area contributed by atoms with E-state index in [2.05, 4.69) is 10.2 Å². The molecule has 4 rings (SSSR count). The van der Waals surface area contributed by atoms with E-state index in [1.807, 2.05) is 34.9 Å². The second-order valence-corrected chi connectivity index (χ2v) is 8.88. The van der Waals surface area contributed by atoms with Gasteiger partial charge in [0.15, 0.2) is 11.0 Å². The van der Waals surface area contributed by atoms with E-state index < -0.39 is 5.25 Å². The van der Waals surface area contributed by atoms with Crippen LogP contribution in [0.15, 0.2) is 84.0 Å². The maximum absolute atomic E-state index is 13.5. The summed E-state index contributed by atoms with van der Waals surface area (Å²) in [6, 6.07) is 21.8. The molecule has 3 aromatic carbocycles. The number of para-hydroxylation sites is 1. The number of halogens is 2. The minimum absolute atomic E-state index is 0.116. The van der Waals surface area contributed by atoms with E-state index in [1.54, 1.807) is 43.1 Å². The van der Waals surface area contributed by atoms with Gasteiger partial charge in [-0.2, -0.15) is 0 Å². The molecule has 0 aliphatic rings. The first-order valence-electron chi connectivity index (χ1n) is 10.3. The summed E-state index contributed by atoms with van der Waals surface area (Å²) in [7, 11) is 1.69. The predicted octanol–water partition coefficient (Wildman–Crippen LogP) is 5.35. The number of carbonyl (C=O) groups is 1. The first-order chi connectivity index (χ1) is 15.9. The number of hydrogen-bond acceptors (Lipinski definition) is 4. The minimum atomic E-state index is -0.462. The Bertz CT molecular complexity index is 1250. The van der Waals surface area contributed by atoms with Crippen LogP contribution in [0.1, 0.15) is 12.5 Å². The molecule has 0 fully saturated rings. The molecule has 168 valence electrons. The molecule has 1 aromatic heterocycles. The lowest BCUT2D eigenvalue weighted by molar-refractivity contribution is -0.129. The number of nitrogens with zero attached hydrogens (tertiary/aromatic N) is 4. The topological polar surface area (TPSA) is 51.0 Å². The van der Waals surface area contributed by atoms with Gasteiger partial charge in [0.2, 0.25) is 5.91 Å². The molecule has 1 heterocycles. The summed E-state index contributed by atoms with van der Waals surface area (Å²) in [6.45, 7) is 2.10. The van der Waals surface area contributed by atoms with Crippen LogP contribution in [0.5, 0.6) is 0 Å². The zero-order chi connectivity index (χ0) is 23.4. The van der Waals surface area contributed by atoms with Crippen LogP contribution in [-0.4, -0.2) is 37.9 Å². The zero-order valence-corrected chi connectivity index (χ0v) is 19.0. The molecule has 0 spiro atoms. The minimum Gasteiger partial charge on any atom is -0.340 e. The maximum Gasteiger partial charge on any atom is 0.235 e. The molecule has 0 aliphatic heterocycles. The van der Waals surface area contributed by atoms with Gasteiger partial charge in [-0.25, -0.2) is 8.78 Å². The fraction of sp³-hybridized carbons (Fsp3) is 0.160. The van der Waals surface area contributed by atoms with Crippen molar-refractivity contribution < 1.29 is 13.6 Å². The average molecular weight is 465 g/mol. The molecular weight excluding hydrogens is 442 g/mol. The predicted molar refractivity (Wildman–Crippen MR) is 125 cm³/mol. The van der Waals surface area contributed by atoms with Gasteiger partial charge >= 0.3 is 0 Å². The standard InChI is InChI=1S/C25H22F2N4OS/c1-17(24(32)30(2)16-18-7-6-8-21(27)15-18)33-25-29-28-23(19-11-13-20(26)14-12-19)31(25)22-9-4-3-5-10-22/h3-15,17H,16H2,1-2H3. The Kier molecular flexibility index (Phi) is 6.84. The van der Waals surface area contributed by atoms with E-state index in [9.17, 15) is 13.6 Å². The number of hydrogen-bond donors (Lipinski definition) is 0. The Morgan fingerprint density at radius 3 is 2.39 bits per heavy atom. The average Bonchev–Trinajstić information content (AvgIpc) is 3.23. The highest BCUT2D eigenvalue weighted by molar-refractivity contribution is 8.00. The second-order valence-electron chi connectivity index (χ2n) is 7.57. The lowest BCUT2D eigenvalue weighted by Gasteiger charge is -2.21. The van der Waals surface area contributed by atoms with Crippen molar-refractivity contribution >= 4 is 17.7 Å². The summed E-state index contributed by atoms with van der Waals surface area (Å²) < 4.78 is 28.8. The molecule has 0 bridgehead atoms. The SMILES string of the molecule is CC(Sc1nnc(-c2ccc(F)cc2)n1-c1ccccc1)C(=O)N(C)Cc1cccc(F)c1. The van der Waals surface area contributed by atoms with Gasteiger partial charge in [-0.1, -0.05) is 42.1 Å². The molecule has 5 nitrogen and oxygen atoms in total. The molecular formula is C25H22F2N4OS. The van der Waals surface area contributed by atoms with E-state index in [-0.39, 0.29) is 17.5 Å². The Labute approximate surface area is 195 Å². The van der Waals surface area contributed by atoms with E-state index in [4.69, 9.17) is 0 Å². The quantitative estimate of drug-likeness (QED) is 0.346. The van der Waals surface area contributed by atoms with E-state index >= 15 is 0 Å². The first kappa shape index (κ1) is 22.7. The van der Waals surface area contributed by atoms with E-state index in [0.29, 0.717) is 28.7 Å². The van der Waals surface area contributed by atoms with Crippen LogP contribution in [0.2, 0.25) is 0 Å². The molecule has 0 saturated heterocycles. The van der Waals surface area contributed by atoms with Gasteiger partial charge in [-0.05, 0) is 61.0 Å². The van der Waals surface area contributed by atoms with Gasteiger partial charge in [0.1, 0.15) is 11.6 Å². The fourth-order valence-corrected chi connectivity index (χ4v) is 4.43. The van der Waals surface area contributed by atoms with Crippen molar-refractivity contribution in [2.24, 2.45) is 0 Å². The molecule has 1 unspecified atom stereocenters. The van der Waals surface area contributed by atoms with Gasteiger partial charge in [0, 0.05) is 24.8 Å². The van der Waals surface area contributed by atoms with Crippen LogP contribution in [0.3, 0.4) is 0 Å². The van der Waals surface area contributed by atoms with Crippen molar-refractivity contribution in [1.82, 2.24) is 19.7 Å². The first-order valence-corrected chi connectivity index (χ1v) is 11.2. The van der Waals surface area contributed by atoms with Gasteiger partial charge in [-0.15, -0.1) is 10.2 Å². The molecule has 0 saturated carbocycles. The Hall–Kier alpha value is -3.52. The number of amides is 1. The highest BCUT2D eigenvalue weighted by Crippen LogP contribution is 2.31. The normalized spacial score (nSPS) is 11.9. The second kappa shape index (κ2) is 9.95. The van der Waals surface area contributed by atoms with E-state index in [1.165, 1.54) is 36.0 Å². The number of thioether (sulfide) groups is 1. The summed E-state index contributed by atoms with van der Waals surface area (Å²) in [6.07, 6.45) is 0. The monoisotopic (exact) mass is 464 g/mol. The maximum atomic E-state index is 13.5. The molecule has 1 amide bonds. The van der Waals surface area contributed by atoms with Crippen molar-refractivity contribution in [3.05, 3.63) is 96.1 Å². The van der Waals surface area contributed by atoms with Gasteiger partial charge in [-0.3, -0.25) is 9.36 Å². The van der Waals surface area contributed by atoms with Crippen LogP contribution >= 0.6 is 11.8 Å². The Balaban J connectivity index is 1.59. The number of aromatic nitrogens is 3. The van der Waals surface area contributed by atoms with Crippen LogP contribution in [0.4, 0.5) is 8.78 Å². The lowest BCUT2D eigenvalue weighted by atomic mass is 10.2. The highest BCUT2D eigenvalue weighted by Gasteiger charge is 2.24. The molecule has 4 aromatic rings. The summed E-state index contributed by atoms with van der Waals surface area (Å²) in [4.78, 5) is 14.6. The Morgan fingerprint density at radius 1 is 0.970 bits per heavy atom. The van der Waals surface area contributed by atoms with Crippen LogP contribution in [0, 0.1) is 11.6 Å². The third-order valence-electron chi connectivity index (χ3n) is 5.07. The van der Waals surface area contributed by atoms with Crippen molar-refractivity contribution in [1.29, 1.82) is 0 Å². The van der Waals surface area contributed by atoms with Crippen LogP contribution in [0.25, 0.3) is 17.1 Å². The lowest BCUT2D eigenvalue weighted by Crippen LogP contribution is -2.33. The van der Waals surface area contributed by atoms with Crippen molar-refractivity contribution in [2.45, 2.75) is 23.9 Å². The van der Waals surface area contributed by atoms with Crippen molar-refractivity contribution in [2.75, 3.05) is 7.05 Å². The van der Waals surface area contributed by atoms with Crippen LogP contribution < -0.4 is 0 Å². The third kappa shape index (κ3) is 5.28. The number of rotatable bonds is 7. The summed E-state index contributed by atoms with van der Waals surface area (Å²) in [5, 5.41) is 8.74.